The van der Waals surface area contributed by atoms with Crippen LogP contribution < -0.4 is 11.1 Å². The summed E-state index contributed by atoms with van der Waals surface area (Å²) in [6.07, 6.45) is 5.30. The van der Waals surface area contributed by atoms with Crippen LogP contribution in [0.5, 0.6) is 0 Å². The molecule has 2 aliphatic carbocycles. The van der Waals surface area contributed by atoms with E-state index in [0.29, 0.717) is 30.9 Å². The van der Waals surface area contributed by atoms with Crippen molar-refractivity contribution < 1.29 is 18.7 Å². The molecule has 1 aromatic heterocycles. The monoisotopic (exact) mass is 470 g/mol. The average molecular weight is 471 g/mol. The molecule has 0 radical (unpaired) electrons. The summed E-state index contributed by atoms with van der Waals surface area (Å²) in [5.41, 5.74) is 9.26. The smallest absolute Gasteiger partial charge is 0.257 e. The molecule has 6 nitrogen and oxygen atoms in total. The molecular weight excluding hydrogens is 438 g/mol. The van der Waals surface area contributed by atoms with Crippen LogP contribution in [0.2, 0.25) is 0 Å². The zero-order valence-electron chi connectivity index (χ0n) is 19.4. The minimum absolute atomic E-state index is 0.0121. The molecule has 1 saturated heterocycles. The molecule has 3 aliphatic rings. The molecule has 3 fully saturated rings. The second-order valence-corrected chi connectivity index (χ2v) is 10.5. The first kappa shape index (κ1) is 23.2. The predicted molar refractivity (Wildman–Crippen MR) is 127 cm³/mol. The number of carbonyl (C=O) groups is 1. The van der Waals surface area contributed by atoms with Gasteiger partial charge in [-0.25, -0.2) is 13.8 Å². The molecule has 1 aliphatic heterocycles. The molecule has 2 saturated carbocycles. The van der Waals surface area contributed by atoms with Crippen molar-refractivity contribution in [3.05, 3.63) is 47.7 Å². The third-order valence-electron chi connectivity index (χ3n) is 7.71. The highest BCUT2D eigenvalue weighted by Gasteiger charge is 2.61. The van der Waals surface area contributed by atoms with Crippen LogP contribution in [0.25, 0.3) is 11.1 Å². The lowest BCUT2D eigenvalue weighted by molar-refractivity contribution is -0.0116. The lowest BCUT2D eigenvalue weighted by atomic mass is 9.92. The molecule has 0 spiro atoms. The molecule has 4 N–H and O–H groups in total. The number of piperidine rings is 1. The Kier molecular flexibility index (Phi) is 5.84. The molecule has 0 unspecified atom stereocenters. The molecule has 2 atom stereocenters. The van der Waals surface area contributed by atoms with Gasteiger partial charge in [0.1, 0.15) is 5.82 Å². The van der Waals surface area contributed by atoms with Gasteiger partial charge in [-0.2, -0.15) is 0 Å². The van der Waals surface area contributed by atoms with Crippen LogP contribution in [0.3, 0.4) is 0 Å². The van der Waals surface area contributed by atoms with Gasteiger partial charge in [-0.3, -0.25) is 9.69 Å². The van der Waals surface area contributed by atoms with Crippen molar-refractivity contribution in [2.24, 2.45) is 5.92 Å². The standard InChI is InChI=1S/C26H32F2N4O2/c1-25(27,28)14-32-13-19-11-26(19,15-32)18-4-2-16(3-5-18)17-10-22(23(29)30-12-17)24(34)31-20-6-8-21(33)9-7-20/h2-5,10,12,19-21,33H,6-9,11,13-15H2,1H3,(H2,29,30)(H,31,34)/t19-,20?,21?,26+/m1/s1. The van der Waals surface area contributed by atoms with E-state index in [4.69, 9.17) is 5.73 Å². The molecule has 1 amide bonds. The minimum atomic E-state index is -2.67. The second kappa shape index (κ2) is 8.57. The number of nitrogens with one attached hydrogen (secondary N) is 1. The Bertz CT molecular complexity index is 1060. The quantitative estimate of drug-likeness (QED) is 0.600. The average Bonchev–Trinajstić information content (AvgIpc) is 3.36. The fourth-order valence-corrected chi connectivity index (χ4v) is 5.84. The Morgan fingerprint density at radius 2 is 1.94 bits per heavy atom. The third-order valence-corrected chi connectivity index (χ3v) is 7.71. The van der Waals surface area contributed by atoms with Gasteiger partial charge in [0, 0.05) is 43.2 Å². The number of fused-ring (bicyclic) bond motifs is 1. The highest BCUT2D eigenvalue weighted by atomic mass is 19.3. The van der Waals surface area contributed by atoms with E-state index in [0.717, 1.165) is 43.9 Å². The Balaban J connectivity index is 1.28. The van der Waals surface area contributed by atoms with Crippen LogP contribution in [-0.2, 0) is 5.41 Å². The maximum absolute atomic E-state index is 13.5. The summed E-state index contributed by atoms with van der Waals surface area (Å²) < 4.78 is 26.9. The van der Waals surface area contributed by atoms with Crippen LogP contribution in [0.1, 0.15) is 54.9 Å². The van der Waals surface area contributed by atoms with E-state index in [1.165, 1.54) is 5.56 Å². The van der Waals surface area contributed by atoms with Gasteiger partial charge in [0.25, 0.3) is 11.8 Å². The Morgan fingerprint density at radius 3 is 2.62 bits per heavy atom. The number of nitrogens with two attached hydrogens (primary N) is 1. The fraction of sp³-hybridized carbons (Fsp3) is 0.538. The lowest BCUT2D eigenvalue weighted by Crippen LogP contribution is -2.38. The van der Waals surface area contributed by atoms with Crippen molar-refractivity contribution in [2.75, 3.05) is 25.4 Å². The van der Waals surface area contributed by atoms with Gasteiger partial charge in [-0.1, -0.05) is 24.3 Å². The second-order valence-electron chi connectivity index (χ2n) is 10.5. The van der Waals surface area contributed by atoms with Gasteiger partial charge in [-0.05, 0) is 55.2 Å². The fourth-order valence-electron chi connectivity index (χ4n) is 5.84. The number of aromatic nitrogens is 1. The Morgan fingerprint density at radius 1 is 1.24 bits per heavy atom. The van der Waals surface area contributed by atoms with Crippen molar-refractivity contribution in [1.29, 1.82) is 0 Å². The first-order chi connectivity index (χ1) is 16.1. The van der Waals surface area contributed by atoms with Crippen LogP contribution in [0.4, 0.5) is 14.6 Å². The predicted octanol–water partition coefficient (Wildman–Crippen LogP) is 3.59. The molecule has 5 rings (SSSR count). The number of alkyl halides is 2. The number of hydrogen-bond acceptors (Lipinski definition) is 5. The Labute approximate surface area is 198 Å². The number of anilines is 1. The maximum atomic E-state index is 13.5. The van der Waals surface area contributed by atoms with Crippen molar-refractivity contribution in [3.8, 4) is 11.1 Å². The van der Waals surface area contributed by atoms with Crippen LogP contribution in [0, 0.1) is 5.92 Å². The van der Waals surface area contributed by atoms with Gasteiger partial charge in [-0.15, -0.1) is 0 Å². The van der Waals surface area contributed by atoms with Gasteiger partial charge in [0.05, 0.1) is 18.2 Å². The lowest BCUT2D eigenvalue weighted by Gasteiger charge is -2.26. The van der Waals surface area contributed by atoms with Gasteiger partial charge in [0.2, 0.25) is 0 Å². The number of benzene rings is 1. The molecule has 182 valence electrons. The van der Waals surface area contributed by atoms with E-state index >= 15 is 0 Å². The number of carbonyl (C=O) groups excluding carboxylic acids is 1. The first-order valence-corrected chi connectivity index (χ1v) is 12.1. The van der Waals surface area contributed by atoms with Crippen LogP contribution in [-0.4, -0.2) is 58.6 Å². The van der Waals surface area contributed by atoms with E-state index in [2.05, 4.69) is 22.4 Å². The SMILES string of the molecule is CC(F)(F)CN1C[C@H]2C[C@@]2(c2ccc(-c3cnc(N)c(C(=O)NC4CCC(O)CC4)c3)cc2)C1. The van der Waals surface area contributed by atoms with Crippen LogP contribution in [0.15, 0.2) is 36.5 Å². The molecule has 34 heavy (non-hydrogen) atoms. The van der Waals surface area contributed by atoms with E-state index in [9.17, 15) is 18.7 Å². The largest absolute Gasteiger partial charge is 0.393 e. The zero-order chi connectivity index (χ0) is 24.1. The van der Waals surface area contributed by atoms with E-state index in [1.807, 2.05) is 17.0 Å². The number of amides is 1. The van der Waals surface area contributed by atoms with E-state index in [-0.39, 0.29) is 35.8 Å². The van der Waals surface area contributed by atoms with E-state index in [1.54, 1.807) is 12.3 Å². The Hall–Kier alpha value is -2.58. The summed E-state index contributed by atoms with van der Waals surface area (Å²) in [5.74, 6) is -2.29. The van der Waals surface area contributed by atoms with Crippen molar-refractivity contribution in [3.63, 3.8) is 0 Å². The van der Waals surface area contributed by atoms with E-state index < -0.39 is 5.92 Å². The number of rotatable bonds is 6. The summed E-state index contributed by atoms with van der Waals surface area (Å²) >= 11 is 0. The topological polar surface area (TPSA) is 91.5 Å². The number of pyridine rings is 1. The maximum Gasteiger partial charge on any atom is 0.257 e. The molecule has 0 bridgehead atoms. The summed E-state index contributed by atoms with van der Waals surface area (Å²) in [5, 5.41) is 12.7. The van der Waals surface area contributed by atoms with Crippen molar-refractivity contribution in [1.82, 2.24) is 15.2 Å². The zero-order valence-corrected chi connectivity index (χ0v) is 19.4. The number of likely N-dealkylation sites (tertiary alicyclic amines) is 1. The van der Waals surface area contributed by atoms with Gasteiger partial charge >= 0.3 is 0 Å². The summed E-state index contributed by atoms with van der Waals surface area (Å²) in [6.45, 7) is 2.19. The summed E-state index contributed by atoms with van der Waals surface area (Å²) in [4.78, 5) is 19.0. The first-order valence-electron chi connectivity index (χ1n) is 12.1. The summed E-state index contributed by atoms with van der Waals surface area (Å²) in [6, 6.07) is 9.96. The molecule has 1 aromatic carbocycles. The molecule has 2 heterocycles. The normalized spacial score (nSPS) is 29.0. The van der Waals surface area contributed by atoms with Crippen molar-refractivity contribution in [2.45, 2.75) is 62.5 Å². The number of aliphatic hydroxyl groups excluding tert-OH is 1. The highest BCUT2D eigenvalue weighted by Crippen LogP contribution is 2.59. The number of hydrogen-bond donors (Lipinski definition) is 3. The molecule has 2 aromatic rings. The number of nitrogen functional groups attached to an aromatic ring is 1. The molecule has 8 heteroatoms. The summed E-state index contributed by atoms with van der Waals surface area (Å²) in [7, 11) is 0. The van der Waals surface area contributed by atoms with Gasteiger partial charge < -0.3 is 16.2 Å². The van der Waals surface area contributed by atoms with Crippen LogP contribution >= 0.6 is 0 Å². The van der Waals surface area contributed by atoms with Crippen molar-refractivity contribution >= 4 is 11.7 Å². The molecular formula is C26H32F2N4O2. The minimum Gasteiger partial charge on any atom is -0.393 e. The van der Waals surface area contributed by atoms with Gasteiger partial charge in [0.15, 0.2) is 0 Å². The number of aliphatic hydroxyl groups is 1. The number of halogens is 2. The third kappa shape index (κ3) is 4.66. The number of nitrogens with zero attached hydrogens (tertiary/aromatic N) is 2. The highest BCUT2D eigenvalue weighted by molar-refractivity contribution is 5.99.